The first-order chi connectivity index (χ1) is 6.85. The van der Waals surface area contributed by atoms with E-state index < -0.39 is 0 Å². The Bertz CT molecular complexity index is 440. The van der Waals surface area contributed by atoms with Crippen LogP contribution in [0.3, 0.4) is 0 Å². The highest BCUT2D eigenvalue weighted by atomic mass is 32.2. The van der Waals surface area contributed by atoms with Gasteiger partial charge in [0, 0.05) is 18.5 Å². The molecule has 0 amide bonds. The summed E-state index contributed by atoms with van der Waals surface area (Å²) in [5.41, 5.74) is 0.869. The molecule has 0 atom stereocenters. The molecular formula is C8H10N4S2. The third-order valence-electron chi connectivity index (χ3n) is 1.75. The van der Waals surface area contributed by atoms with E-state index >= 15 is 0 Å². The number of fused-ring (bicyclic) bond motifs is 1. The Hall–Kier alpha value is -0.880. The number of rotatable bonds is 3. The number of nitrogens with one attached hydrogen (secondary N) is 1. The van der Waals surface area contributed by atoms with Gasteiger partial charge in [-0.15, -0.1) is 11.8 Å². The molecule has 4 nitrogen and oxygen atoms in total. The molecule has 0 aliphatic heterocycles. The van der Waals surface area contributed by atoms with Gasteiger partial charge in [0.2, 0.25) is 0 Å². The standard InChI is InChI=1S/C8H10N4S2/c1-13-8-5-7-9-4-3-6(11-14-2)12(7)10-8/h3-5,11H,1-2H3. The second-order valence-electron chi connectivity index (χ2n) is 2.59. The van der Waals surface area contributed by atoms with E-state index in [4.69, 9.17) is 0 Å². The minimum atomic E-state index is 0.869. The van der Waals surface area contributed by atoms with Crippen molar-refractivity contribution in [3.8, 4) is 0 Å². The molecule has 2 aromatic heterocycles. The van der Waals surface area contributed by atoms with Crippen molar-refractivity contribution in [2.24, 2.45) is 0 Å². The molecule has 0 unspecified atom stereocenters. The Morgan fingerprint density at radius 1 is 1.43 bits per heavy atom. The van der Waals surface area contributed by atoms with Gasteiger partial charge in [0.15, 0.2) is 5.65 Å². The molecule has 6 heteroatoms. The maximum atomic E-state index is 4.39. The fourth-order valence-electron chi connectivity index (χ4n) is 1.16. The Morgan fingerprint density at radius 2 is 2.29 bits per heavy atom. The molecule has 14 heavy (non-hydrogen) atoms. The van der Waals surface area contributed by atoms with Crippen molar-refractivity contribution in [3.63, 3.8) is 0 Å². The number of hydrogen-bond acceptors (Lipinski definition) is 5. The zero-order chi connectivity index (χ0) is 9.97. The van der Waals surface area contributed by atoms with Crippen LogP contribution in [0.25, 0.3) is 5.65 Å². The van der Waals surface area contributed by atoms with Gasteiger partial charge in [0.25, 0.3) is 0 Å². The monoisotopic (exact) mass is 226 g/mol. The van der Waals surface area contributed by atoms with Crippen molar-refractivity contribution in [2.75, 3.05) is 17.2 Å². The molecule has 0 saturated heterocycles. The molecule has 0 aliphatic carbocycles. The molecule has 0 spiro atoms. The fourth-order valence-corrected chi connectivity index (χ4v) is 1.91. The van der Waals surface area contributed by atoms with Crippen molar-refractivity contribution < 1.29 is 0 Å². The van der Waals surface area contributed by atoms with Crippen molar-refractivity contribution in [2.45, 2.75) is 5.03 Å². The molecule has 2 rings (SSSR count). The maximum absolute atomic E-state index is 4.39. The first-order valence-electron chi connectivity index (χ1n) is 4.03. The number of hydrogen-bond donors (Lipinski definition) is 1. The van der Waals surface area contributed by atoms with Gasteiger partial charge in [0.05, 0.1) is 0 Å². The average molecular weight is 226 g/mol. The Labute approximate surface area is 90.6 Å². The first kappa shape index (κ1) is 9.67. The van der Waals surface area contributed by atoms with Crippen molar-refractivity contribution in [1.29, 1.82) is 0 Å². The van der Waals surface area contributed by atoms with Gasteiger partial charge in [0.1, 0.15) is 10.8 Å². The number of anilines is 1. The highest BCUT2D eigenvalue weighted by Gasteiger charge is 2.04. The molecule has 0 bridgehead atoms. The summed E-state index contributed by atoms with van der Waals surface area (Å²) < 4.78 is 4.96. The molecule has 0 aromatic carbocycles. The molecule has 0 radical (unpaired) electrons. The summed E-state index contributed by atoms with van der Waals surface area (Å²) >= 11 is 3.16. The Kier molecular flexibility index (Phi) is 2.83. The zero-order valence-corrected chi connectivity index (χ0v) is 9.52. The summed E-state index contributed by atoms with van der Waals surface area (Å²) in [6.45, 7) is 0. The van der Waals surface area contributed by atoms with Crippen LogP contribution in [-0.2, 0) is 0 Å². The van der Waals surface area contributed by atoms with Gasteiger partial charge in [-0.2, -0.15) is 9.61 Å². The third kappa shape index (κ3) is 1.67. The largest absolute Gasteiger partial charge is 0.314 e. The lowest BCUT2D eigenvalue weighted by Crippen LogP contribution is -1.97. The second-order valence-corrected chi connectivity index (χ2v) is 4.03. The van der Waals surface area contributed by atoms with Crippen LogP contribution in [0.15, 0.2) is 23.4 Å². The van der Waals surface area contributed by atoms with Gasteiger partial charge >= 0.3 is 0 Å². The predicted octanol–water partition coefficient (Wildman–Crippen LogP) is 2.14. The summed E-state index contributed by atoms with van der Waals surface area (Å²) in [7, 11) is 0. The van der Waals surface area contributed by atoms with Crippen LogP contribution in [0.4, 0.5) is 5.82 Å². The summed E-state index contributed by atoms with van der Waals surface area (Å²) in [6.07, 6.45) is 5.76. The second kappa shape index (κ2) is 4.10. The van der Waals surface area contributed by atoms with E-state index in [1.807, 2.05) is 29.2 Å². The van der Waals surface area contributed by atoms with Crippen molar-refractivity contribution >= 4 is 35.2 Å². The number of nitrogens with zero attached hydrogens (tertiary/aromatic N) is 3. The average Bonchev–Trinajstić information content (AvgIpc) is 2.62. The van der Waals surface area contributed by atoms with Crippen LogP contribution in [0.1, 0.15) is 0 Å². The lowest BCUT2D eigenvalue weighted by molar-refractivity contribution is 0.900. The van der Waals surface area contributed by atoms with Crippen LogP contribution in [0.5, 0.6) is 0 Å². The predicted molar refractivity (Wildman–Crippen MR) is 61.9 cm³/mol. The van der Waals surface area contributed by atoms with Gasteiger partial charge < -0.3 is 4.72 Å². The molecular weight excluding hydrogens is 216 g/mol. The van der Waals surface area contributed by atoms with E-state index in [9.17, 15) is 0 Å². The van der Waals surface area contributed by atoms with E-state index in [-0.39, 0.29) is 0 Å². The summed E-state index contributed by atoms with van der Waals surface area (Å²) in [6, 6.07) is 3.87. The van der Waals surface area contributed by atoms with Crippen LogP contribution >= 0.6 is 23.7 Å². The summed E-state index contributed by atoms with van der Waals surface area (Å²) in [5.74, 6) is 0.947. The fraction of sp³-hybridized carbons (Fsp3) is 0.250. The minimum Gasteiger partial charge on any atom is -0.314 e. The lowest BCUT2D eigenvalue weighted by Gasteiger charge is -2.03. The Balaban J connectivity index is 2.55. The smallest absolute Gasteiger partial charge is 0.158 e. The van der Waals surface area contributed by atoms with Gasteiger partial charge in [-0.25, -0.2) is 4.98 Å². The van der Waals surface area contributed by atoms with Crippen LogP contribution in [-0.4, -0.2) is 27.1 Å². The quantitative estimate of drug-likeness (QED) is 0.641. The van der Waals surface area contributed by atoms with Crippen LogP contribution in [0, 0.1) is 0 Å². The van der Waals surface area contributed by atoms with Crippen molar-refractivity contribution in [1.82, 2.24) is 14.6 Å². The topological polar surface area (TPSA) is 42.2 Å². The van der Waals surface area contributed by atoms with E-state index in [1.54, 1.807) is 29.9 Å². The minimum absolute atomic E-state index is 0.869. The maximum Gasteiger partial charge on any atom is 0.158 e. The summed E-state index contributed by atoms with van der Waals surface area (Å²) in [4.78, 5) is 4.23. The molecule has 2 aromatic rings. The van der Waals surface area contributed by atoms with E-state index in [2.05, 4.69) is 14.8 Å². The lowest BCUT2D eigenvalue weighted by atomic mass is 10.6. The molecule has 2 heterocycles. The Morgan fingerprint density at radius 3 is 3.00 bits per heavy atom. The summed E-state index contributed by atoms with van der Waals surface area (Å²) in [5, 5.41) is 5.37. The van der Waals surface area contributed by atoms with E-state index in [0.717, 1.165) is 16.5 Å². The van der Waals surface area contributed by atoms with E-state index in [1.165, 1.54) is 0 Å². The molecule has 0 saturated carbocycles. The van der Waals surface area contributed by atoms with Gasteiger partial charge in [-0.1, -0.05) is 11.9 Å². The van der Waals surface area contributed by atoms with Gasteiger partial charge in [-0.05, 0) is 12.3 Å². The molecule has 0 aliphatic rings. The number of thioether (sulfide) groups is 1. The molecule has 1 N–H and O–H groups in total. The third-order valence-corrected chi connectivity index (χ3v) is 2.78. The van der Waals surface area contributed by atoms with Crippen molar-refractivity contribution in [3.05, 3.63) is 18.3 Å². The van der Waals surface area contributed by atoms with Crippen LogP contribution < -0.4 is 4.72 Å². The van der Waals surface area contributed by atoms with Gasteiger partial charge in [-0.3, -0.25) is 0 Å². The first-order valence-corrected chi connectivity index (χ1v) is 6.48. The molecule has 0 fully saturated rings. The molecule has 74 valence electrons. The highest BCUT2D eigenvalue weighted by molar-refractivity contribution is 7.99. The normalized spacial score (nSPS) is 10.7. The number of aromatic nitrogens is 3. The van der Waals surface area contributed by atoms with Crippen LogP contribution in [0.2, 0.25) is 0 Å². The van der Waals surface area contributed by atoms with E-state index in [0.29, 0.717) is 0 Å². The highest BCUT2D eigenvalue weighted by Crippen LogP contribution is 2.18. The zero-order valence-electron chi connectivity index (χ0n) is 7.89. The SMILES string of the molecule is CSNc1ccnc2cc(SC)nn12.